The van der Waals surface area contributed by atoms with E-state index in [1.54, 1.807) is 6.92 Å². The summed E-state index contributed by atoms with van der Waals surface area (Å²) in [6.45, 7) is 6.38. The van der Waals surface area contributed by atoms with Gasteiger partial charge in [-0.2, -0.15) is 0 Å². The molecule has 0 radical (unpaired) electrons. The van der Waals surface area contributed by atoms with Crippen molar-refractivity contribution in [3.8, 4) is 5.75 Å². The van der Waals surface area contributed by atoms with Crippen molar-refractivity contribution in [3.05, 3.63) is 77.1 Å². The number of aliphatic hydroxyl groups is 1. The molecule has 190 valence electrons. The molecule has 1 aliphatic heterocycles. The summed E-state index contributed by atoms with van der Waals surface area (Å²) in [4.78, 5) is 11.3. The number of aliphatic carboxylic acids is 1. The lowest BCUT2D eigenvalue weighted by atomic mass is 9.93. The number of carboxylic acid groups (broad SMARTS) is 1. The van der Waals surface area contributed by atoms with Crippen LogP contribution < -0.4 is 10.1 Å². The molecule has 1 fully saturated rings. The fourth-order valence-electron chi connectivity index (χ4n) is 5.27. The van der Waals surface area contributed by atoms with Crippen LogP contribution in [0.15, 0.2) is 54.6 Å². The third-order valence-electron chi connectivity index (χ3n) is 7.22. The maximum absolute atomic E-state index is 14.3. The van der Waals surface area contributed by atoms with E-state index in [0.717, 1.165) is 6.42 Å². The standard InChI is InChI=1S/C29H32FNO5/c1-16(22-11-20(30)12-23-24-25(28(33)34)27(24)36-26(22)23)35-15-21(32)14-31-29(2,3)13-17-8-9-18-6-4-5-7-19(18)10-17/h4-12,16,21,24-25,27,31-32H,13-15H2,1-3H3,(H,33,34)/t16-,21?,24+,25+,27+/m1/s1. The Morgan fingerprint density at radius 2 is 1.92 bits per heavy atom. The second-order valence-corrected chi connectivity index (χ2v) is 10.6. The van der Waals surface area contributed by atoms with Crippen molar-refractivity contribution in [2.24, 2.45) is 5.92 Å². The number of hydrogen-bond donors (Lipinski definition) is 3. The molecule has 36 heavy (non-hydrogen) atoms. The van der Waals surface area contributed by atoms with Crippen LogP contribution in [-0.2, 0) is 16.0 Å². The van der Waals surface area contributed by atoms with Crippen LogP contribution in [0.1, 0.15) is 49.5 Å². The molecule has 6 nitrogen and oxygen atoms in total. The number of rotatable bonds is 10. The number of carboxylic acids is 1. The van der Waals surface area contributed by atoms with Gasteiger partial charge < -0.3 is 25.0 Å². The molecule has 5 rings (SSSR count). The maximum Gasteiger partial charge on any atom is 0.311 e. The maximum atomic E-state index is 14.3. The van der Waals surface area contributed by atoms with Crippen molar-refractivity contribution in [3.63, 3.8) is 0 Å². The van der Waals surface area contributed by atoms with Gasteiger partial charge in [-0.05, 0) is 55.7 Å². The van der Waals surface area contributed by atoms with Crippen molar-refractivity contribution in [1.29, 1.82) is 0 Å². The normalized spacial score (nSPS) is 22.0. The first-order chi connectivity index (χ1) is 17.1. The first kappa shape index (κ1) is 24.7. The molecule has 1 heterocycles. The van der Waals surface area contributed by atoms with Crippen LogP contribution in [0.5, 0.6) is 5.75 Å². The molecule has 2 aliphatic rings. The third-order valence-corrected chi connectivity index (χ3v) is 7.22. The summed E-state index contributed by atoms with van der Waals surface area (Å²) in [5.41, 5.74) is 2.11. The van der Waals surface area contributed by atoms with E-state index in [1.165, 1.54) is 28.5 Å². The molecule has 0 amide bonds. The molecule has 0 saturated heterocycles. The molecule has 0 bridgehead atoms. The van der Waals surface area contributed by atoms with Crippen molar-refractivity contribution < 1.29 is 28.9 Å². The number of nitrogens with one attached hydrogen (secondary N) is 1. The van der Waals surface area contributed by atoms with Gasteiger partial charge in [0.2, 0.25) is 0 Å². The fourth-order valence-corrected chi connectivity index (χ4v) is 5.27. The molecule has 1 aliphatic carbocycles. The van der Waals surface area contributed by atoms with Gasteiger partial charge >= 0.3 is 5.97 Å². The summed E-state index contributed by atoms with van der Waals surface area (Å²) >= 11 is 0. The number of carbonyl (C=O) groups is 1. The SMILES string of the molecule is C[C@@H](OCC(O)CNC(C)(C)Cc1ccc2ccccc2c1)c1cc(F)cc2c1O[C@@H]1[C@@H](C(=O)O)[C@H]21. The fraction of sp³-hybridized carbons (Fsp3) is 0.414. The molecule has 3 aromatic rings. The number of β-amino-alcohol motifs (C(OH)–C–C–N with tert-alkyl or cyclic N) is 1. The zero-order chi connectivity index (χ0) is 25.6. The molecule has 3 aromatic carbocycles. The Bertz CT molecular complexity index is 1290. The summed E-state index contributed by atoms with van der Waals surface area (Å²) in [6.07, 6.45) is -0.912. The van der Waals surface area contributed by atoms with E-state index in [1.807, 2.05) is 12.1 Å². The summed E-state index contributed by atoms with van der Waals surface area (Å²) in [7, 11) is 0. The highest BCUT2D eigenvalue weighted by Gasteiger charge is 2.63. The Labute approximate surface area is 210 Å². The van der Waals surface area contributed by atoms with Gasteiger partial charge in [0, 0.05) is 29.1 Å². The van der Waals surface area contributed by atoms with Gasteiger partial charge in [0.25, 0.3) is 0 Å². The minimum Gasteiger partial charge on any atom is -0.488 e. The van der Waals surface area contributed by atoms with E-state index in [4.69, 9.17) is 9.47 Å². The average molecular weight is 494 g/mol. The molecule has 1 unspecified atom stereocenters. The molecule has 3 N–H and O–H groups in total. The lowest BCUT2D eigenvalue weighted by molar-refractivity contribution is -0.139. The topological polar surface area (TPSA) is 88.0 Å². The van der Waals surface area contributed by atoms with E-state index in [9.17, 15) is 19.4 Å². The Morgan fingerprint density at radius 1 is 1.17 bits per heavy atom. The number of benzene rings is 3. The molecule has 1 saturated carbocycles. The Kier molecular flexibility index (Phi) is 6.49. The highest BCUT2D eigenvalue weighted by molar-refractivity contribution is 5.83. The van der Waals surface area contributed by atoms with E-state index >= 15 is 0 Å². The van der Waals surface area contributed by atoms with Gasteiger partial charge in [-0.3, -0.25) is 4.79 Å². The van der Waals surface area contributed by atoms with Gasteiger partial charge in [0.05, 0.1) is 18.8 Å². The second kappa shape index (κ2) is 9.47. The quantitative estimate of drug-likeness (QED) is 0.383. The predicted octanol–water partition coefficient (Wildman–Crippen LogP) is 4.59. The monoisotopic (exact) mass is 493 g/mol. The lowest BCUT2D eigenvalue weighted by Crippen LogP contribution is -2.46. The number of halogens is 1. The van der Waals surface area contributed by atoms with E-state index in [0.29, 0.717) is 23.4 Å². The van der Waals surface area contributed by atoms with Crippen LogP contribution in [0.3, 0.4) is 0 Å². The van der Waals surface area contributed by atoms with E-state index < -0.39 is 36.0 Å². The number of aliphatic hydroxyl groups excluding tert-OH is 1. The lowest BCUT2D eigenvalue weighted by Gasteiger charge is -2.28. The summed E-state index contributed by atoms with van der Waals surface area (Å²) in [5.74, 6) is -1.78. The van der Waals surface area contributed by atoms with Gasteiger partial charge in [0.1, 0.15) is 23.6 Å². The van der Waals surface area contributed by atoms with Gasteiger partial charge in [0.15, 0.2) is 0 Å². The van der Waals surface area contributed by atoms with Crippen LogP contribution in [0.4, 0.5) is 4.39 Å². The molecular formula is C29H32FNO5. The van der Waals surface area contributed by atoms with Crippen molar-refractivity contribution >= 4 is 16.7 Å². The Morgan fingerprint density at radius 3 is 2.67 bits per heavy atom. The van der Waals surface area contributed by atoms with Crippen LogP contribution in [-0.4, -0.2) is 47.1 Å². The number of fused-ring (bicyclic) bond motifs is 4. The number of ether oxygens (including phenoxy) is 2. The zero-order valence-electron chi connectivity index (χ0n) is 20.7. The zero-order valence-corrected chi connectivity index (χ0v) is 20.7. The summed E-state index contributed by atoms with van der Waals surface area (Å²) in [6, 6.07) is 17.4. The molecular weight excluding hydrogens is 461 g/mol. The first-order valence-electron chi connectivity index (χ1n) is 12.4. The molecule has 5 atom stereocenters. The Hall–Kier alpha value is -3.00. The van der Waals surface area contributed by atoms with Crippen molar-refractivity contribution in [2.75, 3.05) is 13.2 Å². The highest BCUT2D eigenvalue weighted by atomic mass is 19.1. The highest BCUT2D eigenvalue weighted by Crippen LogP contribution is 2.60. The van der Waals surface area contributed by atoms with Crippen LogP contribution in [0.2, 0.25) is 0 Å². The van der Waals surface area contributed by atoms with Crippen LogP contribution >= 0.6 is 0 Å². The van der Waals surface area contributed by atoms with Gasteiger partial charge in [-0.1, -0.05) is 42.5 Å². The predicted molar refractivity (Wildman–Crippen MR) is 135 cm³/mol. The van der Waals surface area contributed by atoms with Gasteiger partial charge in [-0.25, -0.2) is 4.39 Å². The molecule has 7 heteroatoms. The van der Waals surface area contributed by atoms with Crippen molar-refractivity contribution in [2.45, 2.75) is 57.0 Å². The van der Waals surface area contributed by atoms with Crippen molar-refractivity contribution in [1.82, 2.24) is 5.32 Å². The second-order valence-electron chi connectivity index (χ2n) is 10.6. The average Bonchev–Trinajstić information content (AvgIpc) is 3.44. The minimum absolute atomic E-state index is 0.0656. The van der Waals surface area contributed by atoms with Gasteiger partial charge in [-0.15, -0.1) is 0 Å². The minimum atomic E-state index is -0.926. The third kappa shape index (κ3) is 4.96. The van der Waals surface area contributed by atoms with Crippen LogP contribution in [0, 0.1) is 11.7 Å². The molecule has 0 aromatic heterocycles. The van der Waals surface area contributed by atoms with E-state index in [-0.39, 0.29) is 18.1 Å². The van der Waals surface area contributed by atoms with Crippen LogP contribution in [0.25, 0.3) is 10.8 Å². The van der Waals surface area contributed by atoms with E-state index in [2.05, 4.69) is 49.5 Å². The summed E-state index contributed by atoms with van der Waals surface area (Å²) in [5, 5.41) is 25.7. The Balaban J connectivity index is 1.15. The largest absolute Gasteiger partial charge is 0.488 e. The summed E-state index contributed by atoms with van der Waals surface area (Å²) < 4.78 is 26.0. The molecule has 0 spiro atoms. The number of hydrogen-bond acceptors (Lipinski definition) is 5. The first-order valence-corrected chi connectivity index (χ1v) is 12.4. The smallest absolute Gasteiger partial charge is 0.311 e.